The zero-order valence-corrected chi connectivity index (χ0v) is 28.6. The number of fused-ring (bicyclic) bond motifs is 1. The van der Waals surface area contributed by atoms with Gasteiger partial charge in [0.15, 0.2) is 18.0 Å². The van der Waals surface area contributed by atoms with E-state index in [0.717, 1.165) is 34.1 Å². The molecule has 2 aromatic carbocycles. The van der Waals surface area contributed by atoms with E-state index in [0.29, 0.717) is 6.42 Å². The Hall–Kier alpha value is -5.70. The van der Waals surface area contributed by atoms with E-state index in [-0.39, 0.29) is 34.6 Å². The summed E-state index contributed by atoms with van der Waals surface area (Å²) in [4.78, 5) is 74.3. The minimum Gasteiger partial charge on any atom is -0.488 e. The van der Waals surface area contributed by atoms with Crippen LogP contribution in [0.1, 0.15) is 57.8 Å². The third-order valence-electron chi connectivity index (χ3n) is 7.13. The highest BCUT2D eigenvalue weighted by Gasteiger charge is 2.53. The van der Waals surface area contributed by atoms with Gasteiger partial charge in [-0.2, -0.15) is 0 Å². The molecule has 15 heteroatoms. The third-order valence-corrected chi connectivity index (χ3v) is 7.13. The number of esters is 5. The van der Waals surface area contributed by atoms with E-state index in [9.17, 15) is 28.8 Å². The highest BCUT2D eigenvalue weighted by Crippen LogP contribution is 2.37. The van der Waals surface area contributed by atoms with Crippen LogP contribution >= 0.6 is 0 Å². The molecule has 3 aromatic rings. The summed E-state index contributed by atoms with van der Waals surface area (Å²) in [6.07, 6.45) is -1.96. The lowest BCUT2D eigenvalue weighted by atomic mass is 9.98. The molecule has 0 saturated carbocycles. The number of carbonyl (C=O) groups excluding carboxylic acids is 5. The molecule has 0 radical (unpaired) electrons. The van der Waals surface area contributed by atoms with Crippen molar-refractivity contribution in [1.82, 2.24) is 0 Å². The highest BCUT2D eigenvalue weighted by molar-refractivity contribution is 5.93. The number of benzene rings is 2. The zero-order valence-electron chi connectivity index (χ0n) is 28.6. The summed E-state index contributed by atoms with van der Waals surface area (Å²) in [5, 5.41) is 0.249. The van der Waals surface area contributed by atoms with Crippen molar-refractivity contribution >= 4 is 40.8 Å². The fourth-order valence-corrected chi connectivity index (χ4v) is 5.10. The van der Waals surface area contributed by atoms with Crippen LogP contribution in [0.3, 0.4) is 0 Å². The van der Waals surface area contributed by atoms with Crippen LogP contribution in [-0.2, 0) is 42.9 Å². The Morgan fingerprint density at radius 2 is 1.45 bits per heavy atom. The summed E-state index contributed by atoms with van der Waals surface area (Å²) in [5.41, 5.74) is -0.862. The van der Waals surface area contributed by atoms with Crippen LogP contribution < -0.4 is 19.8 Å². The van der Waals surface area contributed by atoms with Gasteiger partial charge in [0.2, 0.25) is 12.4 Å². The maximum absolute atomic E-state index is 13.3. The summed E-state index contributed by atoms with van der Waals surface area (Å²) < 4.78 is 50.5. The third kappa shape index (κ3) is 10.4. The van der Waals surface area contributed by atoms with Gasteiger partial charge in [-0.3, -0.25) is 19.2 Å². The Morgan fingerprint density at radius 1 is 0.784 bits per heavy atom. The van der Waals surface area contributed by atoms with E-state index in [1.807, 2.05) is 19.1 Å². The SMILES string of the molecule is CC/C=C/CCOc1c(OC(=O)c2ccccc2)c(=O)oc2cc(O[C@@H]3O[C@H](COC(C)=O)[C@@H](OC(C)=O)[C@H](OC(C)=O)[C@H]3OC(C)=O)ccc12. The lowest BCUT2D eigenvalue weighted by Crippen LogP contribution is -2.63. The second-order valence-corrected chi connectivity index (χ2v) is 11.2. The molecule has 0 N–H and O–H groups in total. The van der Waals surface area contributed by atoms with Crippen molar-refractivity contribution in [2.24, 2.45) is 0 Å². The summed E-state index contributed by atoms with van der Waals surface area (Å²) in [5.74, 6) is -4.38. The zero-order chi connectivity index (χ0) is 37.1. The predicted octanol–water partition coefficient (Wildman–Crippen LogP) is 4.21. The average molecular weight is 711 g/mol. The van der Waals surface area contributed by atoms with Gasteiger partial charge in [-0.05, 0) is 37.1 Å². The van der Waals surface area contributed by atoms with Crippen molar-refractivity contribution in [2.75, 3.05) is 13.2 Å². The van der Waals surface area contributed by atoms with Gasteiger partial charge in [0, 0.05) is 33.8 Å². The largest absolute Gasteiger partial charge is 0.488 e. The second kappa shape index (κ2) is 17.8. The van der Waals surface area contributed by atoms with Crippen LogP contribution in [0.25, 0.3) is 11.0 Å². The molecule has 0 spiro atoms. The first-order valence-corrected chi connectivity index (χ1v) is 16.0. The van der Waals surface area contributed by atoms with Gasteiger partial charge in [-0.15, -0.1) is 0 Å². The average Bonchev–Trinajstić information content (AvgIpc) is 3.07. The van der Waals surface area contributed by atoms with Gasteiger partial charge in [0.25, 0.3) is 5.75 Å². The molecular formula is C36H38O15. The van der Waals surface area contributed by atoms with Crippen LogP contribution in [0, 0.1) is 0 Å². The van der Waals surface area contributed by atoms with E-state index >= 15 is 0 Å². The Balaban J connectivity index is 1.74. The van der Waals surface area contributed by atoms with Gasteiger partial charge in [0.05, 0.1) is 17.6 Å². The van der Waals surface area contributed by atoms with Crippen LogP contribution in [0.15, 0.2) is 69.9 Å². The summed E-state index contributed by atoms with van der Waals surface area (Å²) in [6.45, 7) is 6.11. The molecule has 272 valence electrons. The number of hydrogen-bond acceptors (Lipinski definition) is 15. The summed E-state index contributed by atoms with van der Waals surface area (Å²) in [7, 11) is 0. The number of allylic oxidation sites excluding steroid dienone is 1. The van der Waals surface area contributed by atoms with Crippen molar-refractivity contribution in [3.05, 3.63) is 76.7 Å². The minimum absolute atomic E-state index is 0.0115. The quantitative estimate of drug-likeness (QED) is 0.0760. The monoisotopic (exact) mass is 710 g/mol. The lowest BCUT2D eigenvalue weighted by molar-refractivity contribution is -0.288. The molecular weight excluding hydrogens is 672 g/mol. The smallest absolute Gasteiger partial charge is 0.383 e. The topological polar surface area (TPSA) is 189 Å². The van der Waals surface area contributed by atoms with Gasteiger partial charge in [-0.1, -0.05) is 37.3 Å². The molecule has 1 aromatic heterocycles. The molecule has 15 nitrogen and oxygen atoms in total. The minimum atomic E-state index is -1.54. The Bertz CT molecular complexity index is 1810. The van der Waals surface area contributed by atoms with Crippen molar-refractivity contribution < 1.29 is 66.3 Å². The molecule has 1 aliphatic heterocycles. The van der Waals surface area contributed by atoms with Gasteiger partial charge in [-0.25, -0.2) is 9.59 Å². The number of ether oxygens (including phenoxy) is 8. The maximum atomic E-state index is 13.3. The molecule has 0 bridgehead atoms. The highest BCUT2D eigenvalue weighted by atomic mass is 16.7. The van der Waals surface area contributed by atoms with Gasteiger partial charge in [0.1, 0.15) is 24.0 Å². The van der Waals surface area contributed by atoms with Crippen LogP contribution in [0.5, 0.6) is 17.2 Å². The first-order valence-electron chi connectivity index (χ1n) is 16.0. The number of carbonyl (C=O) groups is 5. The Kier molecular flexibility index (Phi) is 13.3. The van der Waals surface area contributed by atoms with Crippen LogP contribution in [0.2, 0.25) is 0 Å². The van der Waals surface area contributed by atoms with E-state index < -0.39 is 78.5 Å². The second-order valence-electron chi connectivity index (χ2n) is 11.2. The van der Waals surface area contributed by atoms with Gasteiger partial charge < -0.3 is 42.3 Å². The fraction of sp³-hybridized carbons (Fsp3) is 0.389. The van der Waals surface area contributed by atoms with E-state index in [1.54, 1.807) is 18.2 Å². The van der Waals surface area contributed by atoms with E-state index in [2.05, 4.69) is 0 Å². The van der Waals surface area contributed by atoms with Crippen LogP contribution in [0.4, 0.5) is 0 Å². The van der Waals surface area contributed by atoms with Crippen LogP contribution in [-0.4, -0.2) is 73.8 Å². The van der Waals surface area contributed by atoms with Crippen molar-refractivity contribution in [2.45, 2.75) is 78.2 Å². The molecule has 0 unspecified atom stereocenters. The number of hydrogen-bond donors (Lipinski definition) is 0. The Morgan fingerprint density at radius 3 is 2.10 bits per heavy atom. The normalized spacial score (nSPS) is 19.9. The fourth-order valence-electron chi connectivity index (χ4n) is 5.10. The first kappa shape index (κ1) is 38.1. The molecule has 5 atom stereocenters. The molecule has 1 aliphatic rings. The van der Waals surface area contributed by atoms with Crippen molar-refractivity contribution in [3.8, 4) is 17.2 Å². The molecule has 1 saturated heterocycles. The summed E-state index contributed by atoms with van der Waals surface area (Å²) >= 11 is 0. The molecule has 4 rings (SSSR count). The molecule has 0 aliphatic carbocycles. The standard InChI is InChI=1S/C36H38O15/c1-6-7-8-12-17-43-29-26-16-15-25(18-27(26)49-35(42)32(29)51-34(41)24-13-10-9-11-14-24)48-36-33(47-23(5)40)31(46-22(4)39)30(45-21(3)38)28(50-36)19-44-20(2)37/h7-11,13-16,18,28,30-31,33,36H,6,12,17,19H2,1-5H3/b8-7+/t28-,30-,31+,33-,36-/m1/s1. The van der Waals surface area contributed by atoms with E-state index in [4.69, 9.17) is 42.3 Å². The summed E-state index contributed by atoms with van der Waals surface area (Å²) in [6, 6.07) is 12.3. The van der Waals surface area contributed by atoms with Crippen molar-refractivity contribution in [3.63, 3.8) is 0 Å². The molecule has 2 heterocycles. The Labute approximate surface area is 292 Å². The molecule has 51 heavy (non-hydrogen) atoms. The lowest BCUT2D eigenvalue weighted by Gasteiger charge is -2.43. The predicted molar refractivity (Wildman–Crippen MR) is 176 cm³/mol. The first-order chi connectivity index (χ1) is 24.4. The van der Waals surface area contributed by atoms with E-state index in [1.165, 1.54) is 30.3 Å². The maximum Gasteiger partial charge on any atom is 0.383 e. The van der Waals surface area contributed by atoms with Crippen molar-refractivity contribution in [1.29, 1.82) is 0 Å². The molecule has 1 fully saturated rings. The number of rotatable bonds is 14. The van der Waals surface area contributed by atoms with Gasteiger partial charge >= 0.3 is 35.5 Å². The molecule has 0 amide bonds.